The summed E-state index contributed by atoms with van der Waals surface area (Å²) < 4.78 is 43.0. The molecule has 4 aliphatic carbocycles. The number of hydrogen-bond donors (Lipinski definition) is 1. The van der Waals surface area contributed by atoms with Crippen molar-refractivity contribution < 1.29 is 23.1 Å². The van der Waals surface area contributed by atoms with Crippen molar-refractivity contribution in [3.63, 3.8) is 0 Å². The maximum atomic E-state index is 14.3. The molecule has 2 nitrogen and oxygen atoms in total. The summed E-state index contributed by atoms with van der Waals surface area (Å²) in [6.45, 7) is 5.52. The predicted molar refractivity (Wildman–Crippen MR) is 96.8 cm³/mol. The van der Waals surface area contributed by atoms with Gasteiger partial charge in [-0.15, -0.1) is 0 Å². The molecule has 0 aliphatic heterocycles. The average Bonchev–Trinajstić information content (AvgIpc) is 2.91. The van der Waals surface area contributed by atoms with Gasteiger partial charge >= 0.3 is 6.18 Å². The molecule has 8 unspecified atom stereocenters. The third-order valence-electron chi connectivity index (χ3n) is 8.95. The van der Waals surface area contributed by atoms with Crippen LogP contribution in [0.3, 0.4) is 0 Å². The highest BCUT2D eigenvalue weighted by molar-refractivity contribution is 5.79. The first-order valence-electron chi connectivity index (χ1n) is 10.4. The van der Waals surface area contributed by atoms with E-state index in [1.807, 2.05) is 13.8 Å². The van der Waals surface area contributed by atoms with Crippen LogP contribution in [-0.2, 0) is 4.79 Å². The highest BCUT2D eigenvalue weighted by Crippen LogP contribution is 2.69. The summed E-state index contributed by atoms with van der Waals surface area (Å²) in [6, 6.07) is 0. The lowest BCUT2D eigenvalue weighted by atomic mass is 9.44. The number of allylic oxidation sites excluding steroid dienone is 1. The first-order chi connectivity index (χ1) is 12.5. The summed E-state index contributed by atoms with van der Waals surface area (Å²) in [7, 11) is 0. The molecule has 0 radical (unpaired) electrons. The zero-order valence-electron chi connectivity index (χ0n) is 16.5. The molecule has 0 spiro atoms. The first-order valence-corrected chi connectivity index (χ1v) is 10.4. The van der Waals surface area contributed by atoms with E-state index >= 15 is 0 Å². The maximum absolute atomic E-state index is 14.3. The summed E-state index contributed by atoms with van der Waals surface area (Å²) in [6.07, 6.45) is 1.55. The van der Waals surface area contributed by atoms with Gasteiger partial charge in [0.2, 0.25) is 0 Å². The lowest BCUT2D eigenvalue weighted by molar-refractivity contribution is -0.241. The van der Waals surface area contributed by atoms with Gasteiger partial charge in [-0.2, -0.15) is 13.2 Å². The largest absolute Gasteiger partial charge is 0.393 e. The molecule has 0 aromatic carbocycles. The zero-order valence-corrected chi connectivity index (χ0v) is 16.5. The van der Waals surface area contributed by atoms with Gasteiger partial charge in [0.25, 0.3) is 0 Å². The number of Topliss-reactive ketones (excluding diaryl/α,β-unsaturated/α-hetero) is 1. The van der Waals surface area contributed by atoms with E-state index in [-0.39, 0.29) is 30.0 Å². The van der Waals surface area contributed by atoms with Gasteiger partial charge in [0.05, 0.1) is 12.0 Å². The van der Waals surface area contributed by atoms with Crippen molar-refractivity contribution in [2.24, 2.45) is 40.4 Å². The van der Waals surface area contributed by atoms with Gasteiger partial charge in [-0.1, -0.05) is 25.5 Å². The topological polar surface area (TPSA) is 37.3 Å². The van der Waals surface area contributed by atoms with Crippen LogP contribution in [0.2, 0.25) is 0 Å². The van der Waals surface area contributed by atoms with Gasteiger partial charge in [0, 0.05) is 5.92 Å². The normalized spacial score (nSPS) is 49.7. The Morgan fingerprint density at radius 2 is 1.93 bits per heavy atom. The molecular formula is C22H31F3O2. The number of alkyl halides is 3. The number of aliphatic hydroxyl groups excluding tert-OH is 1. The van der Waals surface area contributed by atoms with E-state index in [1.165, 1.54) is 0 Å². The molecular weight excluding hydrogens is 353 g/mol. The predicted octanol–water partition coefficient (Wildman–Crippen LogP) is 5.30. The fourth-order valence-electron chi connectivity index (χ4n) is 7.82. The molecule has 0 aromatic heterocycles. The fraction of sp³-hybridized carbons (Fsp3) is 0.864. The molecule has 27 heavy (non-hydrogen) atoms. The maximum Gasteiger partial charge on any atom is 0.392 e. The van der Waals surface area contributed by atoms with Crippen molar-refractivity contribution >= 4 is 5.78 Å². The van der Waals surface area contributed by atoms with Gasteiger partial charge in [0.15, 0.2) is 0 Å². The molecule has 1 N–H and O–H groups in total. The third-order valence-corrected chi connectivity index (χ3v) is 8.95. The van der Waals surface area contributed by atoms with Gasteiger partial charge in [-0.3, -0.25) is 4.79 Å². The smallest absolute Gasteiger partial charge is 0.392 e. The SMILES string of the molecule is CC(=O)C1CCC2C3CC=C4CC(O)CCC4(C)C3C(C(F)(F)F)CC12C. The van der Waals surface area contributed by atoms with Crippen molar-refractivity contribution in [1.29, 1.82) is 0 Å². The van der Waals surface area contributed by atoms with Crippen LogP contribution in [0.5, 0.6) is 0 Å². The second-order valence-corrected chi connectivity index (χ2v) is 10.2. The second-order valence-electron chi connectivity index (χ2n) is 10.2. The summed E-state index contributed by atoms with van der Waals surface area (Å²) in [4.78, 5) is 12.2. The summed E-state index contributed by atoms with van der Waals surface area (Å²) in [5.74, 6) is -1.78. The standard InChI is InChI=1S/C22H31F3O2/c1-12(26)16-6-7-17-15-5-4-13-10-14(27)8-9-20(13,2)19(15)18(22(23,24)25)11-21(16,17)3/h4,14-19,27H,5-11H2,1-3H3. The Hall–Kier alpha value is -0.840. The fourth-order valence-corrected chi connectivity index (χ4v) is 7.82. The highest BCUT2D eigenvalue weighted by atomic mass is 19.4. The van der Waals surface area contributed by atoms with E-state index in [0.29, 0.717) is 25.7 Å². The lowest BCUT2D eigenvalue weighted by Crippen LogP contribution is -2.57. The minimum Gasteiger partial charge on any atom is -0.393 e. The summed E-state index contributed by atoms with van der Waals surface area (Å²) in [5.41, 5.74) is 0.0302. The van der Waals surface area contributed by atoms with Crippen molar-refractivity contribution in [2.75, 3.05) is 0 Å². The van der Waals surface area contributed by atoms with Crippen LogP contribution in [0.15, 0.2) is 11.6 Å². The summed E-state index contributed by atoms with van der Waals surface area (Å²) in [5, 5.41) is 10.1. The minimum atomic E-state index is -4.25. The van der Waals surface area contributed by atoms with Gasteiger partial charge in [-0.05, 0) is 80.5 Å². The number of ketones is 1. The monoisotopic (exact) mass is 384 g/mol. The highest BCUT2D eigenvalue weighted by Gasteiger charge is 2.66. The van der Waals surface area contributed by atoms with Crippen molar-refractivity contribution in [3.8, 4) is 0 Å². The van der Waals surface area contributed by atoms with Gasteiger partial charge < -0.3 is 5.11 Å². The molecule has 0 aromatic rings. The Morgan fingerprint density at radius 3 is 2.56 bits per heavy atom. The number of halogens is 3. The molecule has 4 rings (SSSR count). The van der Waals surface area contributed by atoms with Gasteiger partial charge in [-0.25, -0.2) is 0 Å². The first kappa shape index (κ1) is 19.5. The number of carbonyl (C=O) groups excluding carboxylic acids is 1. The van der Waals surface area contributed by atoms with Crippen LogP contribution >= 0.6 is 0 Å². The number of fused-ring (bicyclic) bond motifs is 5. The molecule has 4 aliphatic rings. The number of aliphatic hydroxyl groups is 1. The molecule has 152 valence electrons. The third kappa shape index (κ3) is 2.74. The van der Waals surface area contributed by atoms with Crippen LogP contribution in [0.4, 0.5) is 13.2 Å². The van der Waals surface area contributed by atoms with E-state index in [4.69, 9.17) is 0 Å². The number of rotatable bonds is 1. The molecule has 5 heteroatoms. The van der Waals surface area contributed by atoms with E-state index in [0.717, 1.165) is 18.4 Å². The zero-order chi connectivity index (χ0) is 19.8. The number of hydrogen-bond acceptors (Lipinski definition) is 2. The van der Waals surface area contributed by atoms with Crippen LogP contribution in [0.25, 0.3) is 0 Å². The van der Waals surface area contributed by atoms with Crippen molar-refractivity contribution in [1.82, 2.24) is 0 Å². The Morgan fingerprint density at radius 1 is 1.22 bits per heavy atom. The molecule has 0 saturated heterocycles. The molecule has 3 saturated carbocycles. The molecule has 0 heterocycles. The Balaban J connectivity index is 1.80. The van der Waals surface area contributed by atoms with Crippen molar-refractivity contribution in [2.45, 2.75) is 78.0 Å². The van der Waals surface area contributed by atoms with Crippen LogP contribution < -0.4 is 0 Å². The second kappa shape index (κ2) is 6.08. The Bertz CT molecular complexity index is 669. The lowest BCUT2D eigenvalue weighted by Gasteiger charge is -2.60. The van der Waals surface area contributed by atoms with Crippen LogP contribution in [0.1, 0.15) is 65.7 Å². The summed E-state index contributed by atoms with van der Waals surface area (Å²) >= 11 is 0. The Labute approximate surface area is 159 Å². The quantitative estimate of drug-likeness (QED) is 0.623. The van der Waals surface area contributed by atoms with E-state index < -0.39 is 34.9 Å². The van der Waals surface area contributed by atoms with E-state index in [2.05, 4.69) is 6.08 Å². The molecule has 0 amide bonds. The van der Waals surface area contributed by atoms with E-state index in [9.17, 15) is 23.1 Å². The average molecular weight is 384 g/mol. The number of carbonyl (C=O) groups is 1. The van der Waals surface area contributed by atoms with Crippen LogP contribution in [-0.4, -0.2) is 23.2 Å². The van der Waals surface area contributed by atoms with Gasteiger partial charge in [0.1, 0.15) is 5.78 Å². The van der Waals surface area contributed by atoms with Crippen molar-refractivity contribution in [3.05, 3.63) is 11.6 Å². The molecule has 0 bridgehead atoms. The van der Waals surface area contributed by atoms with Crippen LogP contribution in [0, 0.1) is 40.4 Å². The molecule has 8 atom stereocenters. The Kier molecular flexibility index (Phi) is 4.38. The molecule has 3 fully saturated rings. The minimum absolute atomic E-state index is 0.0104. The van der Waals surface area contributed by atoms with E-state index in [1.54, 1.807) is 6.92 Å².